The highest BCUT2D eigenvalue weighted by atomic mass is 32.1. The molecular formula is C13H14F2N4OS. The molecular weight excluding hydrogens is 298 g/mol. The number of benzene rings is 1. The van der Waals surface area contributed by atoms with Gasteiger partial charge >= 0.3 is 0 Å². The summed E-state index contributed by atoms with van der Waals surface area (Å²) in [6.45, 7) is 3.83. The van der Waals surface area contributed by atoms with Gasteiger partial charge in [-0.25, -0.2) is 13.8 Å². The summed E-state index contributed by atoms with van der Waals surface area (Å²) in [7, 11) is 0. The Balaban J connectivity index is 2.20. The Morgan fingerprint density at radius 1 is 1.38 bits per heavy atom. The number of carbonyl (C=O) groups is 1. The summed E-state index contributed by atoms with van der Waals surface area (Å²) in [4.78, 5) is 16.2. The quantitative estimate of drug-likeness (QED) is 0.810. The maximum atomic E-state index is 13.5. The summed E-state index contributed by atoms with van der Waals surface area (Å²) in [5.74, 6) is -1.97. The van der Waals surface area contributed by atoms with E-state index in [1.165, 1.54) is 0 Å². The van der Waals surface area contributed by atoms with Crippen molar-refractivity contribution in [2.75, 3.05) is 16.4 Å². The Morgan fingerprint density at radius 2 is 2.10 bits per heavy atom. The second-order valence-electron chi connectivity index (χ2n) is 4.61. The Hall–Kier alpha value is -2.22. The molecule has 0 aliphatic heterocycles. The molecule has 0 bridgehead atoms. The average molecular weight is 312 g/mol. The zero-order valence-electron chi connectivity index (χ0n) is 11.4. The zero-order chi connectivity index (χ0) is 15.6. The molecule has 1 heterocycles. The van der Waals surface area contributed by atoms with E-state index in [0.29, 0.717) is 5.13 Å². The van der Waals surface area contributed by atoms with E-state index in [2.05, 4.69) is 15.6 Å². The van der Waals surface area contributed by atoms with Crippen LogP contribution >= 0.6 is 11.3 Å². The normalized spacial score (nSPS) is 10.7. The summed E-state index contributed by atoms with van der Waals surface area (Å²) in [6, 6.07) is 2.94. The Labute approximate surface area is 124 Å². The third-order valence-electron chi connectivity index (χ3n) is 2.45. The van der Waals surface area contributed by atoms with E-state index in [1.54, 1.807) is 0 Å². The number of aromatic nitrogens is 1. The molecule has 5 nitrogen and oxygen atoms in total. The van der Waals surface area contributed by atoms with Crippen molar-refractivity contribution in [1.29, 1.82) is 0 Å². The van der Waals surface area contributed by atoms with E-state index in [0.717, 1.165) is 29.5 Å². The summed E-state index contributed by atoms with van der Waals surface area (Å²) in [5, 5.41) is 5.79. The smallest absolute Gasteiger partial charge is 0.269 e. The highest BCUT2D eigenvalue weighted by Gasteiger charge is 2.18. The highest BCUT2D eigenvalue weighted by Crippen LogP contribution is 2.27. The van der Waals surface area contributed by atoms with Gasteiger partial charge in [0.05, 0.1) is 5.69 Å². The number of hydrogen-bond acceptors (Lipinski definition) is 5. The minimum absolute atomic E-state index is 0.0393. The lowest BCUT2D eigenvalue weighted by Crippen LogP contribution is -2.13. The lowest BCUT2D eigenvalue weighted by Gasteiger charge is -2.05. The Bertz CT molecular complexity index is 672. The fourth-order valence-corrected chi connectivity index (χ4v) is 2.50. The Morgan fingerprint density at radius 3 is 2.76 bits per heavy atom. The SMILES string of the molecule is CC(C)Nc1nc(N)c(C(=O)Nc2cc(F)ccc2F)s1. The van der Waals surface area contributed by atoms with Crippen molar-refractivity contribution in [2.24, 2.45) is 0 Å². The van der Waals surface area contributed by atoms with Crippen molar-refractivity contribution in [1.82, 2.24) is 4.98 Å². The first-order chi connectivity index (χ1) is 9.86. The first-order valence-electron chi connectivity index (χ1n) is 6.16. The lowest BCUT2D eigenvalue weighted by molar-refractivity contribution is 0.103. The third kappa shape index (κ3) is 3.66. The average Bonchev–Trinajstić information content (AvgIpc) is 2.74. The predicted molar refractivity (Wildman–Crippen MR) is 79.6 cm³/mol. The first-order valence-corrected chi connectivity index (χ1v) is 6.97. The van der Waals surface area contributed by atoms with Gasteiger partial charge in [-0.15, -0.1) is 0 Å². The molecule has 0 fully saturated rings. The van der Waals surface area contributed by atoms with Gasteiger partial charge in [0.2, 0.25) is 0 Å². The first kappa shape index (κ1) is 15.2. The number of amides is 1. The third-order valence-corrected chi connectivity index (χ3v) is 3.45. The van der Waals surface area contributed by atoms with Crippen LogP contribution in [0.25, 0.3) is 0 Å². The minimum Gasteiger partial charge on any atom is -0.382 e. The monoisotopic (exact) mass is 312 g/mol. The van der Waals surface area contributed by atoms with Crippen molar-refractivity contribution >= 4 is 33.9 Å². The van der Waals surface area contributed by atoms with Gasteiger partial charge in [0.25, 0.3) is 5.91 Å². The lowest BCUT2D eigenvalue weighted by atomic mass is 10.3. The molecule has 8 heteroatoms. The molecule has 0 aliphatic rings. The standard InChI is InChI=1S/C13H14F2N4OS/c1-6(2)17-13-19-11(16)10(21-13)12(20)18-9-5-7(14)3-4-8(9)15/h3-6H,16H2,1-2H3,(H,17,19)(H,18,20). The van der Waals surface area contributed by atoms with Gasteiger partial charge < -0.3 is 16.4 Å². The van der Waals surface area contributed by atoms with Gasteiger partial charge in [-0.05, 0) is 26.0 Å². The fraction of sp³-hybridized carbons (Fsp3) is 0.231. The summed E-state index contributed by atoms with van der Waals surface area (Å²) >= 11 is 1.05. The highest BCUT2D eigenvalue weighted by molar-refractivity contribution is 7.18. The van der Waals surface area contributed by atoms with Crippen LogP contribution in [0, 0.1) is 11.6 Å². The van der Waals surface area contributed by atoms with Crippen LogP contribution in [0.15, 0.2) is 18.2 Å². The molecule has 0 spiro atoms. The van der Waals surface area contributed by atoms with Gasteiger partial charge in [0.15, 0.2) is 5.13 Å². The second kappa shape index (κ2) is 6.04. The molecule has 0 saturated heterocycles. The number of hydrogen-bond donors (Lipinski definition) is 3. The van der Waals surface area contributed by atoms with Gasteiger partial charge in [-0.3, -0.25) is 4.79 Å². The summed E-state index contributed by atoms with van der Waals surface area (Å²) in [5.41, 5.74) is 5.43. The van der Waals surface area contributed by atoms with Gasteiger partial charge in [-0.1, -0.05) is 11.3 Å². The van der Waals surface area contributed by atoms with Crippen LogP contribution in [0.2, 0.25) is 0 Å². The van der Waals surface area contributed by atoms with Crippen molar-refractivity contribution in [3.8, 4) is 0 Å². The van der Waals surface area contributed by atoms with Gasteiger partial charge in [0.1, 0.15) is 22.3 Å². The summed E-state index contributed by atoms with van der Waals surface area (Å²) < 4.78 is 26.6. The molecule has 4 N–H and O–H groups in total. The Kier molecular flexibility index (Phi) is 4.37. The van der Waals surface area contributed by atoms with E-state index in [-0.39, 0.29) is 22.4 Å². The van der Waals surface area contributed by atoms with Crippen LogP contribution in [0.3, 0.4) is 0 Å². The van der Waals surface area contributed by atoms with Crippen molar-refractivity contribution in [3.63, 3.8) is 0 Å². The molecule has 112 valence electrons. The van der Waals surface area contributed by atoms with E-state index in [4.69, 9.17) is 5.73 Å². The number of carbonyl (C=O) groups excluding carboxylic acids is 1. The van der Waals surface area contributed by atoms with Crippen LogP contribution in [-0.4, -0.2) is 16.9 Å². The number of nitrogens with two attached hydrogens (primary N) is 1. The zero-order valence-corrected chi connectivity index (χ0v) is 12.2. The largest absolute Gasteiger partial charge is 0.382 e. The fourth-order valence-electron chi connectivity index (χ4n) is 1.58. The van der Waals surface area contributed by atoms with E-state index in [9.17, 15) is 13.6 Å². The molecule has 0 atom stereocenters. The molecule has 1 aromatic heterocycles. The molecule has 0 saturated carbocycles. The molecule has 2 rings (SSSR count). The predicted octanol–water partition coefficient (Wildman–Crippen LogP) is 3.08. The van der Waals surface area contributed by atoms with Gasteiger partial charge in [-0.2, -0.15) is 0 Å². The molecule has 1 aromatic carbocycles. The van der Waals surface area contributed by atoms with Crippen molar-refractivity contribution in [2.45, 2.75) is 19.9 Å². The molecule has 0 radical (unpaired) electrons. The van der Waals surface area contributed by atoms with Crippen LogP contribution in [0.1, 0.15) is 23.5 Å². The van der Waals surface area contributed by atoms with Crippen LogP contribution in [0.4, 0.5) is 25.4 Å². The topological polar surface area (TPSA) is 80.0 Å². The number of nitrogens with zero attached hydrogens (tertiary/aromatic N) is 1. The van der Waals surface area contributed by atoms with Crippen LogP contribution in [0.5, 0.6) is 0 Å². The van der Waals surface area contributed by atoms with Crippen molar-refractivity contribution < 1.29 is 13.6 Å². The number of nitrogens with one attached hydrogen (secondary N) is 2. The molecule has 0 unspecified atom stereocenters. The number of thiazole rings is 1. The molecule has 21 heavy (non-hydrogen) atoms. The van der Waals surface area contributed by atoms with E-state index < -0.39 is 17.5 Å². The van der Waals surface area contributed by atoms with Crippen molar-refractivity contribution in [3.05, 3.63) is 34.7 Å². The van der Waals surface area contributed by atoms with E-state index >= 15 is 0 Å². The molecule has 1 amide bonds. The summed E-state index contributed by atoms with van der Waals surface area (Å²) in [6.07, 6.45) is 0. The minimum atomic E-state index is -0.728. The van der Waals surface area contributed by atoms with Crippen LogP contribution < -0.4 is 16.4 Å². The molecule has 2 aromatic rings. The number of halogens is 2. The molecule has 0 aliphatic carbocycles. The maximum Gasteiger partial charge on any atom is 0.269 e. The number of rotatable bonds is 4. The number of nitrogen functional groups attached to an aromatic ring is 1. The number of anilines is 3. The second-order valence-corrected chi connectivity index (χ2v) is 5.61. The van der Waals surface area contributed by atoms with Crippen LogP contribution in [-0.2, 0) is 0 Å². The van der Waals surface area contributed by atoms with E-state index in [1.807, 2.05) is 13.8 Å². The van der Waals surface area contributed by atoms with Gasteiger partial charge in [0, 0.05) is 12.1 Å². The maximum absolute atomic E-state index is 13.5.